The van der Waals surface area contributed by atoms with E-state index in [9.17, 15) is 4.79 Å². The van der Waals surface area contributed by atoms with Gasteiger partial charge in [-0.15, -0.1) is 0 Å². The second kappa shape index (κ2) is 6.24. The second-order valence-corrected chi connectivity index (χ2v) is 4.78. The number of rotatable bonds is 5. The normalized spacial score (nSPS) is 10.2. The predicted octanol–water partition coefficient (Wildman–Crippen LogP) is 3.70. The lowest BCUT2D eigenvalue weighted by molar-refractivity contribution is 0.111. The van der Waals surface area contributed by atoms with Crippen molar-refractivity contribution < 1.29 is 14.3 Å². The lowest BCUT2D eigenvalue weighted by Crippen LogP contribution is -2.01. The molecule has 0 bridgehead atoms. The molecule has 0 spiro atoms. The molecule has 0 aromatic heterocycles. The largest absolute Gasteiger partial charge is 0.493 e. The Morgan fingerprint density at radius 2 is 1.80 bits per heavy atom. The highest BCUT2D eigenvalue weighted by molar-refractivity contribution is 5.81. The van der Waals surface area contributed by atoms with Gasteiger partial charge in [-0.2, -0.15) is 0 Å². The minimum Gasteiger partial charge on any atom is -0.493 e. The van der Waals surface area contributed by atoms with Gasteiger partial charge >= 0.3 is 0 Å². The highest BCUT2D eigenvalue weighted by Crippen LogP contribution is 2.30. The zero-order valence-electron chi connectivity index (χ0n) is 12.0. The maximum atomic E-state index is 11.1. The number of para-hydroxylation sites is 1. The van der Waals surface area contributed by atoms with Crippen LogP contribution in [0.15, 0.2) is 36.4 Å². The molecule has 0 aliphatic carbocycles. The van der Waals surface area contributed by atoms with Crippen LogP contribution in [0.2, 0.25) is 0 Å². The summed E-state index contributed by atoms with van der Waals surface area (Å²) < 4.78 is 11.0. The number of aldehydes is 1. The fraction of sp³-hybridized carbons (Fsp3) is 0.235. The van der Waals surface area contributed by atoms with Crippen molar-refractivity contribution in [2.75, 3.05) is 7.11 Å². The third kappa shape index (κ3) is 3.18. The molecule has 0 saturated heterocycles. The first-order valence-electron chi connectivity index (χ1n) is 6.46. The average molecular weight is 270 g/mol. The van der Waals surface area contributed by atoms with Crippen LogP contribution >= 0.6 is 0 Å². The topological polar surface area (TPSA) is 35.5 Å². The molecule has 20 heavy (non-hydrogen) atoms. The molecule has 0 saturated carbocycles. The highest BCUT2D eigenvalue weighted by Gasteiger charge is 2.10. The van der Waals surface area contributed by atoms with Crippen LogP contribution in [-0.2, 0) is 6.61 Å². The first-order valence-corrected chi connectivity index (χ1v) is 6.46. The summed E-state index contributed by atoms with van der Waals surface area (Å²) in [6.45, 7) is 4.51. The van der Waals surface area contributed by atoms with E-state index in [2.05, 4.69) is 32.0 Å². The molecular formula is C17H18O3. The Labute approximate surface area is 119 Å². The summed E-state index contributed by atoms with van der Waals surface area (Å²) in [5, 5.41) is 0. The smallest absolute Gasteiger partial charge is 0.172 e. The molecule has 3 heteroatoms. The van der Waals surface area contributed by atoms with Crippen LogP contribution in [0.1, 0.15) is 27.0 Å². The number of aryl methyl sites for hydroxylation is 2. The Balaban J connectivity index is 2.24. The van der Waals surface area contributed by atoms with E-state index in [0.29, 0.717) is 23.7 Å². The van der Waals surface area contributed by atoms with Crippen molar-refractivity contribution >= 4 is 6.29 Å². The summed E-state index contributed by atoms with van der Waals surface area (Å²) in [6, 6.07) is 11.5. The molecule has 2 aromatic carbocycles. The summed E-state index contributed by atoms with van der Waals surface area (Å²) in [5.41, 5.74) is 3.96. The molecule has 0 aliphatic rings. The van der Waals surface area contributed by atoms with Gasteiger partial charge in [0.25, 0.3) is 0 Å². The molecule has 104 valence electrons. The van der Waals surface area contributed by atoms with Gasteiger partial charge in [-0.3, -0.25) is 4.79 Å². The Morgan fingerprint density at radius 3 is 2.40 bits per heavy atom. The first kappa shape index (κ1) is 14.1. The van der Waals surface area contributed by atoms with E-state index in [1.807, 2.05) is 0 Å². The predicted molar refractivity (Wildman–Crippen MR) is 78.6 cm³/mol. The van der Waals surface area contributed by atoms with Gasteiger partial charge in [0.1, 0.15) is 6.61 Å². The Hall–Kier alpha value is -2.29. The van der Waals surface area contributed by atoms with Gasteiger partial charge in [0.05, 0.1) is 12.7 Å². The molecule has 0 amide bonds. The van der Waals surface area contributed by atoms with Gasteiger partial charge < -0.3 is 9.47 Å². The van der Waals surface area contributed by atoms with Crippen LogP contribution < -0.4 is 9.47 Å². The number of methoxy groups -OCH3 is 1. The number of carbonyl (C=O) groups is 1. The van der Waals surface area contributed by atoms with Crippen molar-refractivity contribution in [1.82, 2.24) is 0 Å². The maximum Gasteiger partial charge on any atom is 0.172 e. The quantitative estimate of drug-likeness (QED) is 0.777. The van der Waals surface area contributed by atoms with Crippen molar-refractivity contribution in [2.45, 2.75) is 20.5 Å². The summed E-state index contributed by atoms with van der Waals surface area (Å²) >= 11 is 0. The van der Waals surface area contributed by atoms with E-state index in [4.69, 9.17) is 9.47 Å². The van der Waals surface area contributed by atoms with Gasteiger partial charge in [0.15, 0.2) is 17.8 Å². The first-order chi connectivity index (χ1) is 9.63. The number of ether oxygens (including phenoxy) is 2. The van der Waals surface area contributed by atoms with E-state index in [1.165, 1.54) is 11.1 Å². The van der Waals surface area contributed by atoms with E-state index in [-0.39, 0.29) is 0 Å². The lowest BCUT2D eigenvalue weighted by atomic mass is 10.1. The molecule has 0 radical (unpaired) electrons. The van der Waals surface area contributed by atoms with E-state index < -0.39 is 0 Å². The number of hydrogen-bond acceptors (Lipinski definition) is 3. The number of carbonyl (C=O) groups excluding carboxylic acids is 1. The van der Waals surface area contributed by atoms with Crippen LogP contribution in [0, 0.1) is 13.8 Å². The summed E-state index contributed by atoms with van der Waals surface area (Å²) in [6.07, 6.45) is 0.777. The fourth-order valence-corrected chi connectivity index (χ4v) is 2.25. The molecule has 2 aromatic rings. The van der Waals surface area contributed by atoms with Crippen molar-refractivity contribution in [3.05, 3.63) is 58.7 Å². The van der Waals surface area contributed by atoms with Crippen molar-refractivity contribution in [3.63, 3.8) is 0 Å². The molecule has 0 fully saturated rings. The van der Waals surface area contributed by atoms with Crippen LogP contribution in [0.4, 0.5) is 0 Å². The second-order valence-electron chi connectivity index (χ2n) is 4.78. The van der Waals surface area contributed by atoms with Crippen molar-refractivity contribution in [3.8, 4) is 11.5 Å². The third-order valence-electron chi connectivity index (χ3n) is 3.02. The monoisotopic (exact) mass is 270 g/mol. The van der Waals surface area contributed by atoms with Crippen LogP contribution in [0.25, 0.3) is 0 Å². The minimum atomic E-state index is 0.406. The van der Waals surface area contributed by atoms with E-state index in [0.717, 1.165) is 11.8 Å². The zero-order chi connectivity index (χ0) is 14.5. The van der Waals surface area contributed by atoms with Crippen molar-refractivity contribution in [1.29, 1.82) is 0 Å². The highest BCUT2D eigenvalue weighted by atomic mass is 16.5. The molecule has 2 rings (SSSR count). The average Bonchev–Trinajstić information content (AvgIpc) is 2.43. The van der Waals surface area contributed by atoms with Gasteiger partial charge in [-0.05, 0) is 31.5 Å². The minimum absolute atomic E-state index is 0.406. The third-order valence-corrected chi connectivity index (χ3v) is 3.02. The molecule has 0 N–H and O–H groups in total. The molecular weight excluding hydrogens is 252 g/mol. The van der Waals surface area contributed by atoms with Gasteiger partial charge in [-0.25, -0.2) is 0 Å². The standard InChI is InChI=1S/C17H18O3/c1-12-7-13(2)9-14(8-12)11-20-17-15(10-18)5-4-6-16(17)19-3/h4-10H,11H2,1-3H3. The van der Waals surface area contributed by atoms with Crippen LogP contribution in [0.3, 0.4) is 0 Å². The van der Waals surface area contributed by atoms with Crippen molar-refractivity contribution in [2.24, 2.45) is 0 Å². The maximum absolute atomic E-state index is 11.1. The summed E-state index contributed by atoms with van der Waals surface area (Å²) in [4.78, 5) is 11.1. The SMILES string of the molecule is COc1cccc(C=O)c1OCc1cc(C)cc(C)c1. The molecule has 0 heterocycles. The Kier molecular flexibility index (Phi) is 4.41. The Bertz CT molecular complexity index is 597. The summed E-state index contributed by atoms with van der Waals surface area (Å²) in [7, 11) is 1.56. The number of hydrogen-bond donors (Lipinski definition) is 0. The molecule has 0 aliphatic heterocycles. The van der Waals surface area contributed by atoms with Gasteiger partial charge in [0.2, 0.25) is 0 Å². The van der Waals surface area contributed by atoms with Gasteiger partial charge in [0, 0.05) is 0 Å². The van der Waals surface area contributed by atoms with Crippen LogP contribution in [-0.4, -0.2) is 13.4 Å². The molecule has 0 atom stereocenters. The fourth-order valence-electron chi connectivity index (χ4n) is 2.25. The molecule has 0 unspecified atom stereocenters. The summed E-state index contributed by atoms with van der Waals surface area (Å²) in [5.74, 6) is 1.06. The number of benzene rings is 2. The zero-order valence-corrected chi connectivity index (χ0v) is 12.0. The van der Waals surface area contributed by atoms with Crippen LogP contribution in [0.5, 0.6) is 11.5 Å². The Morgan fingerprint density at radius 1 is 1.10 bits per heavy atom. The molecule has 3 nitrogen and oxygen atoms in total. The van der Waals surface area contributed by atoms with Gasteiger partial charge in [-0.1, -0.05) is 35.4 Å². The van der Waals surface area contributed by atoms with E-state index >= 15 is 0 Å². The van der Waals surface area contributed by atoms with E-state index in [1.54, 1.807) is 25.3 Å². The lowest BCUT2D eigenvalue weighted by Gasteiger charge is -2.13.